The molecule has 7 heteroatoms. The lowest BCUT2D eigenvalue weighted by atomic mass is 10.3. The molecule has 3 aromatic heterocycles. The second kappa shape index (κ2) is 4.99. The Morgan fingerprint density at radius 2 is 2.37 bits per heavy atom. The third kappa shape index (κ3) is 2.59. The number of hydrogen-bond donors (Lipinski definition) is 1. The van der Waals surface area contributed by atoms with E-state index in [-0.39, 0.29) is 5.91 Å². The normalized spacial score (nSPS) is 10.8. The molecular weight excluding hydrogens is 284 g/mol. The minimum atomic E-state index is -0.203. The Kier molecular flexibility index (Phi) is 3.18. The fourth-order valence-corrected chi connectivity index (χ4v) is 2.43. The number of rotatable bonds is 3. The van der Waals surface area contributed by atoms with E-state index in [4.69, 9.17) is 11.6 Å². The van der Waals surface area contributed by atoms with Crippen LogP contribution in [0.15, 0.2) is 36.1 Å². The van der Waals surface area contributed by atoms with E-state index in [1.807, 2.05) is 22.0 Å². The average molecular weight is 293 g/mol. The molecule has 3 rings (SSSR count). The van der Waals surface area contributed by atoms with Crippen molar-refractivity contribution in [1.82, 2.24) is 19.7 Å². The van der Waals surface area contributed by atoms with Crippen molar-refractivity contribution < 1.29 is 4.79 Å². The Balaban J connectivity index is 1.68. The van der Waals surface area contributed by atoms with Crippen LogP contribution in [0.3, 0.4) is 0 Å². The van der Waals surface area contributed by atoms with Crippen molar-refractivity contribution in [2.75, 3.05) is 0 Å². The van der Waals surface area contributed by atoms with Crippen LogP contribution in [0.1, 0.15) is 16.1 Å². The molecule has 0 aliphatic rings. The van der Waals surface area contributed by atoms with Crippen LogP contribution < -0.4 is 5.32 Å². The Morgan fingerprint density at radius 3 is 3.11 bits per heavy atom. The summed E-state index contributed by atoms with van der Waals surface area (Å²) in [5.74, 6) is -0.203. The average Bonchev–Trinajstić information content (AvgIpc) is 2.98. The summed E-state index contributed by atoms with van der Waals surface area (Å²) in [4.78, 5) is 20.9. The maximum atomic E-state index is 11.9. The number of hydrogen-bond acceptors (Lipinski definition) is 4. The lowest BCUT2D eigenvalue weighted by molar-refractivity contribution is 0.0946. The van der Waals surface area contributed by atoms with Crippen molar-refractivity contribution in [1.29, 1.82) is 0 Å². The van der Waals surface area contributed by atoms with Gasteiger partial charge in [-0.15, -0.1) is 11.3 Å². The van der Waals surface area contributed by atoms with E-state index in [0.717, 1.165) is 10.5 Å². The summed E-state index contributed by atoms with van der Waals surface area (Å²) >= 11 is 7.18. The highest BCUT2D eigenvalue weighted by molar-refractivity contribution is 7.15. The summed E-state index contributed by atoms with van der Waals surface area (Å²) in [5.41, 5.74) is 1.30. The molecule has 5 nitrogen and oxygen atoms in total. The topological polar surface area (TPSA) is 59.3 Å². The fraction of sp³-hybridized carbons (Fsp3) is 0.0833. The van der Waals surface area contributed by atoms with Gasteiger partial charge in [-0.3, -0.25) is 9.20 Å². The number of nitrogens with zero attached hydrogens (tertiary/aromatic N) is 3. The van der Waals surface area contributed by atoms with Crippen molar-refractivity contribution in [3.8, 4) is 0 Å². The first-order valence-corrected chi connectivity index (χ1v) is 6.79. The predicted molar refractivity (Wildman–Crippen MR) is 73.5 cm³/mol. The van der Waals surface area contributed by atoms with Gasteiger partial charge in [-0.25, -0.2) is 9.97 Å². The lowest BCUT2D eigenvalue weighted by Gasteiger charge is -2.02. The monoisotopic (exact) mass is 292 g/mol. The first-order valence-electron chi connectivity index (χ1n) is 5.53. The van der Waals surface area contributed by atoms with Gasteiger partial charge in [0.2, 0.25) is 0 Å². The van der Waals surface area contributed by atoms with Gasteiger partial charge in [0.25, 0.3) is 5.91 Å². The molecule has 0 aliphatic heterocycles. The van der Waals surface area contributed by atoms with Gasteiger partial charge < -0.3 is 5.32 Å². The lowest BCUT2D eigenvalue weighted by Crippen LogP contribution is -2.23. The molecule has 0 fully saturated rings. The van der Waals surface area contributed by atoms with Crippen molar-refractivity contribution in [3.05, 3.63) is 52.5 Å². The van der Waals surface area contributed by atoms with Gasteiger partial charge in [-0.2, -0.15) is 0 Å². The second-order valence-electron chi connectivity index (χ2n) is 3.89. The molecular formula is C12H9ClN4OS. The first-order chi connectivity index (χ1) is 9.22. The number of nitrogens with one attached hydrogen (secondary N) is 1. The summed E-state index contributed by atoms with van der Waals surface area (Å²) < 4.78 is 1.82. The highest BCUT2D eigenvalue weighted by Gasteiger charge is 2.10. The Hall–Kier alpha value is -1.92. The minimum Gasteiger partial charge on any atom is -0.347 e. The minimum absolute atomic E-state index is 0.203. The molecule has 0 atom stereocenters. The largest absolute Gasteiger partial charge is 0.347 e. The molecule has 0 unspecified atom stereocenters. The molecule has 3 aromatic rings. The van der Waals surface area contributed by atoms with Crippen LogP contribution in [0.2, 0.25) is 5.15 Å². The number of amides is 1. The number of carbonyl (C=O) groups excluding carboxylic acids is 1. The van der Waals surface area contributed by atoms with E-state index in [0.29, 0.717) is 17.4 Å². The second-order valence-corrected chi connectivity index (χ2v) is 5.15. The summed E-state index contributed by atoms with van der Waals surface area (Å²) in [6.45, 7) is 0.397. The van der Waals surface area contributed by atoms with E-state index in [9.17, 15) is 4.79 Å². The molecule has 0 aromatic carbocycles. The molecule has 0 saturated carbocycles. The number of fused-ring (bicyclic) bond motifs is 1. The molecule has 3 heterocycles. The van der Waals surface area contributed by atoms with Gasteiger partial charge in [0, 0.05) is 30.5 Å². The highest BCUT2D eigenvalue weighted by atomic mass is 35.5. The molecule has 96 valence electrons. The van der Waals surface area contributed by atoms with Crippen LogP contribution in [-0.4, -0.2) is 20.3 Å². The maximum absolute atomic E-state index is 11.9. The summed E-state index contributed by atoms with van der Waals surface area (Å²) in [6, 6.07) is 3.51. The van der Waals surface area contributed by atoms with Gasteiger partial charge in [-0.05, 0) is 11.6 Å². The molecule has 0 saturated heterocycles. The number of pyridine rings is 1. The number of thiazole rings is 1. The Labute approximate surface area is 117 Å². The van der Waals surface area contributed by atoms with Gasteiger partial charge in [0.15, 0.2) is 4.96 Å². The van der Waals surface area contributed by atoms with Crippen molar-refractivity contribution in [3.63, 3.8) is 0 Å². The quantitative estimate of drug-likeness (QED) is 0.754. The first kappa shape index (κ1) is 12.1. The standard InChI is InChI=1S/C12H9ClN4OS/c13-10-2-1-8(5-14-10)6-15-11(18)9-7-17-3-4-19-12(17)16-9/h1-5,7H,6H2,(H,15,18). The van der Waals surface area contributed by atoms with Crippen LogP contribution >= 0.6 is 22.9 Å². The van der Waals surface area contributed by atoms with Crippen LogP contribution in [0.5, 0.6) is 0 Å². The third-order valence-corrected chi connectivity index (χ3v) is 3.56. The smallest absolute Gasteiger partial charge is 0.271 e. The van der Waals surface area contributed by atoms with Gasteiger partial charge >= 0.3 is 0 Å². The maximum Gasteiger partial charge on any atom is 0.271 e. The van der Waals surface area contributed by atoms with E-state index < -0.39 is 0 Å². The summed E-state index contributed by atoms with van der Waals surface area (Å²) in [7, 11) is 0. The van der Waals surface area contributed by atoms with Crippen molar-refractivity contribution in [2.45, 2.75) is 6.54 Å². The molecule has 19 heavy (non-hydrogen) atoms. The fourth-order valence-electron chi connectivity index (χ4n) is 1.62. The van der Waals surface area contributed by atoms with Crippen LogP contribution in [0.4, 0.5) is 0 Å². The van der Waals surface area contributed by atoms with Crippen LogP contribution in [0.25, 0.3) is 4.96 Å². The van der Waals surface area contributed by atoms with Crippen molar-refractivity contribution in [2.24, 2.45) is 0 Å². The number of halogens is 1. The zero-order valence-corrected chi connectivity index (χ0v) is 11.3. The summed E-state index contributed by atoms with van der Waals surface area (Å²) in [6.07, 6.45) is 5.21. The van der Waals surface area contributed by atoms with Crippen LogP contribution in [0, 0.1) is 0 Å². The summed E-state index contributed by atoms with van der Waals surface area (Å²) in [5, 5.41) is 5.15. The zero-order valence-electron chi connectivity index (χ0n) is 9.71. The van der Waals surface area contributed by atoms with E-state index >= 15 is 0 Å². The Morgan fingerprint density at radius 1 is 1.47 bits per heavy atom. The number of aromatic nitrogens is 3. The molecule has 0 radical (unpaired) electrons. The van der Waals surface area contributed by atoms with Gasteiger partial charge in [0.1, 0.15) is 10.8 Å². The highest BCUT2D eigenvalue weighted by Crippen LogP contribution is 2.11. The zero-order chi connectivity index (χ0) is 13.2. The third-order valence-electron chi connectivity index (χ3n) is 2.57. The Bertz CT molecular complexity index is 690. The van der Waals surface area contributed by atoms with E-state index in [1.165, 1.54) is 11.3 Å². The molecule has 1 N–H and O–H groups in total. The molecule has 0 aliphatic carbocycles. The van der Waals surface area contributed by atoms with Crippen molar-refractivity contribution >= 4 is 33.8 Å². The van der Waals surface area contributed by atoms with E-state index in [1.54, 1.807) is 18.5 Å². The van der Waals surface area contributed by atoms with Crippen LogP contribution in [-0.2, 0) is 6.54 Å². The molecule has 0 spiro atoms. The van der Waals surface area contributed by atoms with Gasteiger partial charge in [-0.1, -0.05) is 17.7 Å². The molecule has 0 bridgehead atoms. The SMILES string of the molecule is O=C(NCc1ccc(Cl)nc1)c1cn2ccsc2n1. The van der Waals surface area contributed by atoms with E-state index in [2.05, 4.69) is 15.3 Å². The number of imidazole rings is 1. The predicted octanol–water partition coefficient (Wildman–Crippen LogP) is 2.37. The molecule has 1 amide bonds. The number of carbonyl (C=O) groups is 1. The van der Waals surface area contributed by atoms with Gasteiger partial charge in [0.05, 0.1) is 0 Å².